The van der Waals surface area contributed by atoms with Crippen LogP contribution in [0.4, 0.5) is 10.1 Å². The summed E-state index contributed by atoms with van der Waals surface area (Å²) in [6, 6.07) is 15.7. The van der Waals surface area contributed by atoms with Gasteiger partial charge in [0.05, 0.1) is 10.6 Å². The van der Waals surface area contributed by atoms with Crippen LogP contribution in [0.3, 0.4) is 0 Å². The third kappa shape index (κ3) is 4.20. The molecule has 1 N–H and O–H groups in total. The number of hydrogen-bond acceptors (Lipinski definition) is 3. The van der Waals surface area contributed by atoms with Crippen molar-refractivity contribution in [3.05, 3.63) is 82.5 Å². The van der Waals surface area contributed by atoms with Gasteiger partial charge in [0, 0.05) is 0 Å². The second-order valence-corrected chi connectivity index (χ2v) is 6.29. The molecule has 120 valence electrons. The van der Waals surface area contributed by atoms with E-state index in [-0.39, 0.29) is 11.7 Å². The minimum absolute atomic E-state index is 0.179. The van der Waals surface area contributed by atoms with Gasteiger partial charge in [-0.1, -0.05) is 36.4 Å². The minimum Gasteiger partial charge on any atom is -0.300 e. The average molecular weight is 338 g/mol. The molecule has 1 aliphatic rings. The molecule has 0 radical (unpaired) electrons. The number of nitrogens with zero attached hydrogens (tertiary/aromatic N) is 1. The van der Waals surface area contributed by atoms with Crippen molar-refractivity contribution in [2.45, 2.75) is 6.92 Å². The van der Waals surface area contributed by atoms with Crippen LogP contribution in [0.25, 0.3) is 6.08 Å². The van der Waals surface area contributed by atoms with Gasteiger partial charge in [-0.3, -0.25) is 4.79 Å². The summed E-state index contributed by atoms with van der Waals surface area (Å²) in [5, 5.41) is 3.21. The van der Waals surface area contributed by atoms with E-state index in [2.05, 4.69) is 10.3 Å². The number of aliphatic imine (C=N–C) groups is 1. The van der Waals surface area contributed by atoms with E-state index < -0.39 is 0 Å². The standard InChI is InChI=1S/C19H15FN2OS/c1-13(11-14-5-3-2-4-6-14)12-17-18(23)22-19(24-17)21-16-9-7-15(20)8-10-16/h2-12H,1H3,(H,21,22,23)/b13-11-,17-12-. The monoisotopic (exact) mass is 338 g/mol. The lowest BCUT2D eigenvalue weighted by Gasteiger charge is -1.96. The molecule has 0 unspecified atom stereocenters. The van der Waals surface area contributed by atoms with Crippen LogP contribution in [0.1, 0.15) is 12.5 Å². The van der Waals surface area contributed by atoms with Crippen molar-refractivity contribution >= 4 is 34.6 Å². The van der Waals surface area contributed by atoms with E-state index in [0.717, 1.165) is 11.1 Å². The lowest BCUT2D eigenvalue weighted by atomic mass is 10.1. The third-order valence-electron chi connectivity index (χ3n) is 3.26. The number of carbonyl (C=O) groups excluding carboxylic acids is 1. The molecule has 0 bridgehead atoms. The van der Waals surface area contributed by atoms with E-state index in [1.54, 1.807) is 12.1 Å². The lowest BCUT2D eigenvalue weighted by Crippen LogP contribution is -2.19. The highest BCUT2D eigenvalue weighted by Gasteiger charge is 2.23. The number of halogens is 1. The van der Waals surface area contributed by atoms with Crippen LogP contribution >= 0.6 is 11.8 Å². The maximum Gasteiger partial charge on any atom is 0.264 e. The molecule has 24 heavy (non-hydrogen) atoms. The van der Waals surface area contributed by atoms with Crippen molar-refractivity contribution in [3.8, 4) is 0 Å². The van der Waals surface area contributed by atoms with Gasteiger partial charge in [0.15, 0.2) is 5.17 Å². The van der Waals surface area contributed by atoms with Crippen LogP contribution in [0.2, 0.25) is 0 Å². The molecule has 1 saturated heterocycles. The van der Waals surface area contributed by atoms with Gasteiger partial charge in [-0.15, -0.1) is 0 Å². The number of amidine groups is 1. The van der Waals surface area contributed by atoms with Crippen LogP contribution in [-0.4, -0.2) is 11.1 Å². The van der Waals surface area contributed by atoms with E-state index >= 15 is 0 Å². The molecule has 5 heteroatoms. The van der Waals surface area contributed by atoms with Crippen molar-refractivity contribution in [1.82, 2.24) is 5.32 Å². The first-order chi connectivity index (χ1) is 11.6. The van der Waals surface area contributed by atoms with Gasteiger partial charge in [0.1, 0.15) is 5.82 Å². The SMILES string of the molecule is CC(=C/c1ccccc1)/C=C1\SC(=Nc2ccc(F)cc2)NC1=O. The average Bonchev–Trinajstić information content (AvgIpc) is 2.90. The number of carbonyl (C=O) groups is 1. The fourth-order valence-electron chi connectivity index (χ4n) is 2.17. The molecule has 3 rings (SSSR count). The van der Waals surface area contributed by atoms with E-state index in [0.29, 0.717) is 15.8 Å². The fourth-order valence-corrected chi connectivity index (χ4v) is 3.07. The highest BCUT2D eigenvalue weighted by atomic mass is 32.2. The minimum atomic E-state index is -0.315. The molecule has 0 saturated carbocycles. The van der Waals surface area contributed by atoms with Crippen molar-refractivity contribution in [3.63, 3.8) is 0 Å². The smallest absolute Gasteiger partial charge is 0.264 e. The summed E-state index contributed by atoms with van der Waals surface area (Å²) in [6.07, 6.45) is 3.84. The molecule has 1 fully saturated rings. The van der Waals surface area contributed by atoms with Crippen molar-refractivity contribution in [2.75, 3.05) is 0 Å². The van der Waals surface area contributed by atoms with Crippen molar-refractivity contribution < 1.29 is 9.18 Å². The summed E-state index contributed by atoms with van der Waals surface area (Å²) >= 11 is 1.27. The first kappa shape index (κ1) is 16.2. The Kier molecular flexibility index (Phi) is 4.91. The van der Waals surface area contributed by atoms with Gasteiger partial charge in [-0.2, -0.15) is 0 Å². The van der Waals surface area contributed by atoms with E-state index in [1.807, 2.05) is 49.4 Å². The predicted molar refractivity (Wildman–Crippen MR) is 97.4 cm³/mol. The van der Waals surface area contributed by atoms with Gasteiger partial charge in [0.2, 0.25) is 0 Å². The fraction of sp³-hybridized carbons (Fsp3) is 0.0526. The summed E-state index contributed by atoms with van der Waals surface area (Å²) in [5.74, 6) is -0.494. The number of nitrogens with one attached hydrogen (secondary N) is 1. The van der Waals surface area contributed by atoms with Gasteiger partial charge < -0.3 is 5.32 Å². The molecule has 1 heterocycles. The number of amides is 1. The maximum absolute atomic E-state index is 12.9. The zero-order valence-electron chi connectivity index (χ0n) is 13.0. The first-order valence-corrected chi connectivity index (χ1v) is 8.20. The zero-order valence-corrected chi connectivity index (χ0v) is 13.8. The molecule has 2 aromatic carbocycles. The van der Waals surface area contributed by atoms with Crippen molar-refractivity contribution in [1.29, 1.82) is 0 Å². The normalized spacial score (nSPS) is 18.2. The Balaban J connectivity index is 1.77. The lowest BCUT2D eigenvalue weighted by molar-refractivity contribution is -0.115. The third-order valence-corrected chi connectivity index (χ3v) is 4.17. The van der Waals surface area contributed by atoms with Gasteiger partial charge in [-0.05, 0) is 60.2 Å². The molecule has 0 aliphatic carbocycles. The second-order valence-electron chi connectivity index (χ2n) is 5.26. The topological polar surface area (TPSA) is 41.5 Å². The quantitative estimate of drug-likeness (QED) is 0.827. The summed E-state index contributed by atoms with van der Waals surface area (Å²) in [5.41, 5.74) is 2.65. The molecule has 0 spiro atoms. The summed E-state index contributed by atoms with van der Waals surface area (Å²) < 4.78 is 12.9. The number of thioether (sulfide) groups is 1. The molecule has 2 aromatic rings. The summed E-state index contributed by atoms with van der Waals surface area (Å²) in [6.45, 7) is 1.95. The molecule has 3 nitrogen and oxygen atoms in total. The highest BCUT2D eigenvalue weighted by Crippen LogP contribution is 2.27. The Morgan fingerprint density at radius 1 is 1.12 bits per heavy atom. The molecule has 1 amide bonds. The van der Waals surface area contributed by atoms with Crippen LogP contribution in [0, 0.1) is 5.82 Å². The van der Waals surface area contributed by atoms with Gasteiger partial charge in [0.25, 0.3) is 5.91 Å². The summed E-state index contributed by atoms with van der Waals surface area (Å²) in [4.78, 5) is 16.9. The first-order valence-electron chi connectivity index (χ1n) is 7.39. The Labute approximate surface area is 144 Å². The molecule has 0 atom stereocenters. The maximum atomic E-state index is 12.9. The Morgan fingerprint density at radius 2 is 1.83 bits per heavy atom. The largest absolute Gasteiger partial charge is 0.300 e. The van der Waals surface area contributed by atoms with Gasteiger partial charge in [-0.25, -0.2) is 9.38 Å². The molecular formula is C19H15FN2OS. The number of benzene rings is 2. The molecular weight excluding hydrogens is 323 g/mol. The van der Waals surface area contributed by atoms with Crippen molar-refractivity contribution in [2.24, 2.45) is 4.99 Å². The Bertz CT molecular complexity index is 839. The van der Waals surface area contributed by atoms with E-state index in [9.17, 15) is 9.18 Å². The summed E-state index contributed by atoms with van der Waals surface area (Å²) in [7, 11) is 0. The van der Waals surface area contributed by atoms with Crippen LogP contribution in [0.15, 0.2) is 76.1 Å². The number of allylic oxidation sites excluding steroid dienone is 2. The van der Waals surface area contributed by atoms with Crippen LogP contribution in [-0.2, 0) is 4.79 Å². The van der Waals surface area contributed by atoms with Crippen LogP contribution < -0.4 is 5.32 Å². The number of hydrogen-bond donors (Lipinski definition) is 1. The van der Waals surface area contributed by atoms with E-state index in [4.69, 9.17) is 0 Å². The Morgan fingerprint density at radius 3 is 2.54 bits per heavy atom. The highest BCUT2D eigenvalue weighted by molar-refractivity contribution is 8.18. The number of rotatable bonds is 3. The van der Waals surface area contributed by atoms with E-state index in [1.165, 1.54) is 23.9 Å². The second kappa shape index (κ2) is 7.27. The Hall–Kier alpha value is -2.66. The van der Waals surface area contributed by atoms with Crippen LogP contribution in [0.5, 0.6) is 0 Å². The zero-order chi connectivity index (χ0) is 16.9. The predicted octanol–water partition coefficient (Wildman–Crippen LogP) is 4.66. The van der Waals surface area contributed by atoms with Gasteiger partial charge >= 0.3 is 0 Å². The molecule has 0 aromatic heterocycles. The molecule has 1 aliphatic heterocycles.